The third kappa shape index (κ3) is 2.03. The number of fused-ring (bicyclic) bond motifs is 2. The highest BCUT2D eigenvalue weighted by Gasteiger charge is 2.61. The van der Waals surface area contributed by atoms with E-state index in [0.29, 0.717) is 18.0 Å². The average molecular weight is 293 g/mol. The van der Waals surface area contributed by atoms with Gasteiger partial charge in [-0.05, 0) is 36.0 Å². The Kier molecular flexibility index (Phi) is 3.27. The van der Waals surface area contributed by atoms with Gasteiger partial charge in [-0.15, -0.1) is 11.3 Å². The van der Waals surface area contributed by atoms with Crippen molar-refractivity contribution in [2.45, 2.75) is 52.6 Å². The second-order valence-corrected chi connectivity index (χ2v) is 7.69. The molecule has 20 heavy (non-hydrogen) atoms. The van der Waals surface area contributed by atoms with Crippen molar-refractivity contribution in [2.24, 2.45) is 16.7 Å². The first-order chi connectivity index (χ1) is 9.43. The van der Waals surface area contributed by atoms with Gasteiger partial charge < -0.3 is 10.6 Å². The summed E-state index contributed by atoms with van der Waals surface area (Å²) in [5, 5.41) is 8.07. The van der Waals surface area contributed by atoms with Gasteiger partial charge in [-0.3, -0.25) is 0 Å². The van der Waals surface area contributed by atoms with Crippen LogP contribution in [-0.2, 0) is 6.54 Å². The van der Waals surface area contributed by atoms with E-state index < -0.39 is 0 Å². The summed E-state index contributed by atoms with van der Waals surface area (Å²) in [4.78, 5) is 16.2. The number of carbonyl (C=O) groups is 1. The quantitative estimate of drug-likeness (QED) is 0.899. The zero-order chi connectivity index (χ0) is 14.4. The average Bonchev–Trinajstić information content (AvgIpc) is 3.02. The van der Waals surface area contributed by atoms with Gasteiger partial charge >= 0.3 is 6.03 Å². The van der Waals surface area contributed by atoms with Gasteiger partial charge in [-0.25, -0.2) is 9.78 Å². The van der Waals surface area contributed by atoms with Crippen LogP contribution < -0.4 is 10.6 Å². The summed E-state index contributed by atoms with van der Waals surface area (Å²) in [5.41, 5.74) is 3.27. The minimum atomic E-state index is -0.0624. The lowest BCUT2D eigenvalue weighted by Crippen LogP contribution is -2.50. The van der Waals surface area contributed by atoms with Gasteiger partial charge in [0.2, 0.25) is 0 Å². The summed E-state index contributed by atoms with van der Waals surface area (Å²) in [6.45, 7) is 7.57. The van der Waals surface area contributed by atoms with Crippen LogP contribution in [-0.4, -0.2) is 17.1 Å². The van der Waals surface area contributed by atoms with E-state index in [9.17, 15) is 4.79 Å². The van der Waals surface area contributed by atoms with Crippen LogP contribution in [0.4, 0.5) is 4.79 Å². The molecular weight excluding hydrogens is 270 g/mol. The van der Waals surface area contributed by atoms with Crippen molar-refractivity contribution in [1.29, 1.82) is 0 Å². The molecule has 0 saturated heterocycles. The van der Waals surface area contributed by atoms with Crippen LogP contribution in [0.15, 0.2) is 10.9 Å². The van der Waals surface area contributed by atoms with Crippen molar-refractivity contribution in [3.63, 3.8) is 0 Å². The molecule has 1 aromatic rings. The van der Waals surface area contributed by atoms with Gasteiger partial charge in [-0.1, -0.05) is 20.8 Å². The Labute approximate surface area is 124 Å². The van der Waals surface area contributed by atoms with E-state index in [-0.39, 0.29) is 11.4 Å². The molecule has 4 nitrogen and oxygen atoms in total. The van der Waals surface area contributed by atoms with E-state index in [0.717, 1.165) is 18.0 Å². The third-order valence-corrected chi connectivity index (χ3v) is 6.65. The van der Waals surface area contributed by atoms with E-state index in [1.54, 1.807) is 16.8 Å². The molecular formula is C15H23N3OS. The first-order valence-electron chi connectivity index (χ1n) is 7.35. The predicted octanol–water partition coefficient (Wildman–Crippen LogP) is 3.16. The molecule has 2 amide bonds. The van der Waals surface area contributed by atoms with Gasteiger partial charge in [0, 0.05) is 11.4 Å². The maximum absolute atomic E-state index is 12.1. The molecule has 2 saturated carbocycles. The van der Waals surface area contributed by atoms with Crippen molar-refractivity contribution < 1.29 is 4.79 Å². The summed E-state index contributed by atoms with van der Waals surface area (Å²) in [6.07, 6.45) is 3.65. The van der Waals surface area contributed by atoms with Crippen LogP contribution in [0.5, 0.6) is 0 Å². The fourth-order valence-electron chi connectivity index (χ4n) is 4.13. The smallest absolute Gasteiger partial charge is 0.315 e. The molecule has 3 atom stereocenters. The van der Waals surface area contributed by atoms with Crippen LogP contribution in [0.25, 0.3) is 0 Å². The number of aromatic nitrogens is 1. The second kappa shape index (κ2) is 4.72. The zero-order valence-electron chi connectivity index (χ0n) is 12.4. The molecule has 1 heterocycles. The molecule has 0 aromatic carbocycles. The molecule has 1 aromatic heterocycles. The molecule has 2 fully saturated rings. The monoisotopic (exact) mass is 293 g/mol. The number of rotatable bonds is 3. The predicted molar refractivity (Wildman–Crippen MR) is 80.5 cm³/mol. The Morgan fingerprint density at radius 2 is 2.30 bits per heavy atom. The Morgan fingerprint density at radius 1 is 1.50 bits per heavy atom. The van der Waals surface area contributed by atoms with E-state index in [1.165, 1.54) is 12.8 Å². The first-order valence-corrected chi connectivity index (χ1v) is 8.29. The van der Waals surface area contributed by atoms with Crippen LogP contribution in [0.1, 0.15) is 45.7 Å². The molecule has 3 rings (SSSR count). The highest BCUT2D eigenvalue weighted by Crippen LogP contribution is 2.65. The number of carbonyl (C=O) groups excluding carboxylic acids is 1. The second-order valence-electron chi connectivity index (χ2n) is 6.97. The van der Waals surface area contributed by atoms with Crippen molar-refractivity contribution in [2.75, 3.05) is 0 Å². The Bertz CT molecular complexity index is 499. The minimum absolute atomic E-state index is 0.0624. The normalized spacial score (nSPS) is 34.1. The Hall–Kier alpha value is -1.10. The lowest BCUT2D eigenvalue weighted by atomic mass is 9.69. The molecule has 2 bridgehead atoms. The fraction of sp³-hybridized carbons (Fsp3) is 0.733. The van der Waals surface area contributed by atoms with Gasteiger partial charge in [0.05, 0.1) is 17.7 Å². The number of amides is 2. The topological polar surface area (TPSA) is 54.0 Å². The van der Waals surface area contributed by atoms with E-state index in [4.69, 9.17) is 0 Å². The summed E-state index contributed by atoms with van der Waals surface area (Å²) >= 11 is 1.55. The maximum Gasteiger partial charge on any atom is 0.315 e. The SMILES string of the molecule is CC1(C)[C@H]2CC[C@]1(C)[C@H](NC(=O)NCc1cscn1)C2. The fourth-order valence-corrected chi connectivity index (χ4v) is 4.69. The highest BCUT2D eigenvalue weighted by atomic mass is 32.1. The first kappa shape index (κ1) is 13.9. The highest BCUT2D eigenvalue weighted by molar-refractivity contribution is 7.07. The van der Waals surface area contributed by atoms with Gasteiger partial charge in [0.1, 0.15) is 0 Å². The number of hydrogen-bond acceptors (Lipinski definition) is 3. The van der Waals surface area contributed by atoms with Gasteiger partial charge in [0.15, 0.2) is 0 Å². The third-order valence-electron chi connectivity index (χ3n) is 6.01. The number of nitrogens with one attached hydrogen (secondary N) is 2. The van der Waals surface area contributed by atoms with E-state index in [1.807, 2.05) is 5.38 Å². The number of nitrogens with zero attached hydrogens (tertiary/aromatic N) is 1. The van der Waals surface area contributed by atoms with Crippen LogP contribution >= 0.6 is 11.3 Å². The molecule has 0 unspecified atom stereocenters. The maximum atomic E-state index is 12.1. The van der Waals surface area contributed by atoms with Gasteiger partial charge in [0.25, 0.3) is 0 Å². The van der Waals surface area contributed by atoms with Crippen molar-refractivity contribution in [3.8, 4) is 0 Å². The molecule has 2 aliphatic carbocycles. The number of hydrogen-bond donors (Lipinski definition) is 2. The van der Waals surface area contributed by atoms with Crippen LogP contribution in [0, 0.1) is 16.7 Å². The molecule has 2 aliphatic rings. The number of urea groups is 1. The zero-order valence-corrected chi connectivity index (χ0v) is 13.2. The summed E-state index contributed by atoms with van der Waals surface area (Å²) < 4.78 is 0. The van der Waals surface area contributed by atoms with E-state index in [2.05, 4.69) is 36.4 Å². The Balaban J connectivity index is 1.58. The van der Waals surface area contributed by atoms with Crippen LogP contribution in [0.2, 0.25) is 0 Å². The molecule has 0 spiro atoms. The molecule has 0 radical (unpaired) electrons. The van der Waals surface area contributed by atoms with Crippen molar-refractivity contribution >= 4 is 17.4 Å². The largest absolute Gasteiger partial charge is 0.335 e. The lowest BCUT2D eigenvalue weighted by Gasteiger charge is -2.39. The summed E-state index contributed by atoms with van der Waals surface area (Å²) in [5.74, 6) is 0.747. The van der Waals surface area contributed by atoms with Crippen molar-refractivity contribution in [1.82, 2.24) is 15.6 Å². The lowest BCUT2D eigenvalue weighted by molar-refractivity contribution is 0.123. The standard InChI is InChI=1S/C15H23N3OS/c1-14(2)10-4-5-15(14,3)12(6-10)18-13(19)16-7-11-8-20-9-17-11/h8-10,12H,4-7H2,1-3H3,(H2,16,18,19)/t10-,12+,15+/m0/s1. The molecule has 110 valence electrons. The molecule has 2 N–H and O–H groups in total. The van der Waals surface area contributed by atoms with E-state index >= 15 is 0 Å². The summed E-state index contributed by atoms with van der Waals surface area (Å²) in [6, 6.07) is 0.235. The molecule has 5 heteroatoms. The van der Waals surface area contributed by atoms with Crippen LogP contribution in [0.3, 0.4) is 0 Å². The van der Waals surface area contributed by atoms with Gasteiger partial charge in [-0.2, -0.15) is 0 Å². The molecule has 0 aliphatic heterocycles. The summed E-state index contributed by atoms with van der Waals surface area (Å²) in [7, 11) is 0. The minimum Gasteiger partial charge on any atom is -0.335 e. The number of thiazole rings is 1. The van der Waals surface area contributed by atoms with Crippen molar-refractivity contribution in [3.05, 3.63) is 16.6 Å². The Morgan fingerprint density at radius 3 is 2.85 bits per heavy atom.